The Hall–Kier alpha value is -4.38. The van der Waals surface area contributed by atoms with Gasteiger partial charge >= 0.3 is 0 Å². The maximum Gasteiger partial charge on any atom is 0.233 e. The molecule has 1 spiro atoms. The van der Waals surface area contributed by atoms with Gasteiger partial charge in [0.2, 0.25) is 10.0 Å². The highest BCUT2D eigenvalue weighted by Gasteiger charge is 2.46. The Morgan fingerprint density at radius 2 is 1.70 bits per heavy atom. The van der Waals surface area contributed by atoms with E-state index in [0.29, 0.717) is 11.6 Å². The molecule has 3 N–H and O–H groups in total. The van der Waals surface area contributed by atoms with Crippen LogP contribution in [0, 0.1) is 5.41 Å². The molecule has 3 aromatic heterocycles. The molecule has 0 bridgehead atoms. The van der Waals surface area contributed by atoms with Crippen LogP contribution < -0.4 is 10.5 Å². The SMILES string of the molecule is C=CS(=O)(=O)NC1CC2(CCN(Cc3ccc(-n4c(-c5cccnc5N)nc5ccc(-c6ccccc6)nc54)cc3)CC2)C1. The molecule has 0 unspecified atom stereocenters. The number of likely N-dealkylation sites (tertiary alicyclic amines) is 1. The summed E-state index contributed by atoms with van der Waals surface area (Å²) in [5.74, 6) is 1.12. The fourth-order valence-corrected chi connectivity index (χ4v) is 7.44. The van der Waals surface area contributed by atoms with Gasteiger partial charge in [-0.15, -0.1) is 0 Å². The molecule has 224 valence electrons. The Kier molecular flexibility index (Phi) is 7.28. The minimum Gasteiger partial charge on any atom is -0.383 e. The Morgan fingerprint density at radius 1 is 0.955 bits per heavy atom. The highest BCUT2D eigenvalue weighted by molar-refractivity contribution is 7.92. The van der Waals surface area contributed by atoms with Gasteiger partial charge in [-0.3, -0.25) is 9.47 Å². The van der Waals surface area contributed by atoms with Crippen molar-refractivity contribution in [1.82, 2.24) is 29.1 Å². The van der Waals surface area contributed by atoms with Gasteiger partial charge in [0.15, 0.2) is 11.5 Å². The molecule has 1 aliphatic carbocycles. The number of hydrogen-bond acceptors (Lipinski definition) is 7. The molecule has 44 heavy (non-hydrogen) atoms. The number of piperidine rings is 1. The molecule has 5 aromatic rings. The van der Waals surface area contributed by atoms with E-state index in [1.807, 2.05) is 42.5 Å². The van der Waals surface area contributed by atoms with Gasteiger partial charge in [-0.05, 0) is 86.1 Å². The maximum atomic E-state index is 11.8. The van der Waals surface area contributed by atoms with Crippen LogP contribution >= 0.6 is 0 Å². The molecule has 7 rings (SSSR count). The summed E-state index contributed by atoms with van der Waals surface area (Å²) in [5, 5.41) is 0.995. The van der Waals surface area contributed by atoms with Gasteiger partial charge in [0.05, 0.1) is 11.3 Å². The van der Waals surface area contributed by atoms with Gasteiger partial charge in [-0.2, -0.15) is 0 Å². The number of anilines is 1. The Morgan fingerprint density at radius 3 is 2.41 bits per heavy atom. The molecule has 0 amide bonds. The van der Waals surface area contributed by atoms with Crippen LogP contribution in [-0.2, 0) is 16.6 Å². The van der Waals surface area contributed by atoms with Crippen molar-refractivity contribution < 1.29 is 8.42 Å². The number of fused-ring (bicyclic) bond motifs is 1. The van der Waals surface area contributed by atoms with E-state index >= 15 is 0 Å². The number of aromatic nitrogens is 4. The van der Waals surface area contributed by atoms with E-state index in [1.54, 1.807) is 6.20 Å². The van der Waals surface area contributed by atoms with Crippen LogP contribution in [0.3, 0.4) is 0 Å². The molecular formula is C34H35N7O2S. The minimum atomic E-state index is -3.37. The van der Waals surface area contributed by atoms with Crippen molar-refractivity contribution in [1.29, 1.82) is 0 Å². The number of pyridine rings is 2. The van der Waals surface area contributed by atoms with E-state index in [-0.39, 0.29) is 11.5 Å². The molecule has 4 heterocycles. The van der Waals surface area contributed by atoms with Crippen LogP contribution in [0.1, 0.15) is 31.2 Å². The third-order valence-electron chi connectivity index (χ3n) is 9.08. The zero-order valence-corrected chi connectivity index (χ0v) is 25.2. The monoisotopic (exact) mass is 605 g/mol. The van der Waals surface area contributed by atoms with Crippen LogP contribution in [0.15, 0.2) is 97.0 Å². The summed E-state index contributed by atoms with van der Waals surface area (Å²) in [4.78, 5) is 16.8. The topological polar surface area (TPSA) is 119 Å². The quantitative estimate of drug-likeness (QED) is 0.238. The van der Waals surface area contributed by atoms with Gasteiger partial charge in [-0.25, -0.2) is 28.1 Å². The average molecular weight is 606 g/mol. The lowest BCUT2D eigenvalue weighted by molar-refractivity contribution is 0.0107. The first kappa shape index (κ1) is 28.4. The van der Waals surface area contributed by atoms with Crippen molar-refractivity contribution in [3.8, 4) is 28.3 Å². The number of nitrogens with zero attached hydrogens (tertiary/aromatic N) is 5. The second kappa shape index (κ2) is 11.3. The normalized spacial score (nSPS) is 17.1. The van der Waals surface area contributed by atoms with Crippen molar-refractivity contribution in [2.24, 2.45) is 5.41 Å². The lowest BCUT2D eigenvalue weighted by Crippen LogP contribution is -2.54. The Bertz CT molecular complexity index is 1920. The summed E-state index contributed by atoms with van der Waals surface area (Å²) >= 11 is 0. The largest absolute Gasteiger partial charge is 0.383 e. The second-order valence-corrected chi connectivity index (χ2v) is 13.6. The summed E-state index contributed by atoms with van der Waals surface area (Å²) in [7, 11) is -3.37. The molecule has 1 saturated heterocycles. The summed E-state index contributed by atoms with van der Waals surface area (Å²) < 4.78 is 28.4. The van der Waals surface area contributed by atoms with Crippen molar-refractivity contribution in [3.63, 3.8) is 0 Å². The number of hydrogen-bond donors (Lipinski definition) is 2. The van der Waals surface area contributed by atoms with Crippen LogP contribution in [-0.4, -0.2) is 52.0 Å². The maximum absolute atomic E-state index is 11.8. The molecule has 1 aliphatic heterocycles. The smallest absolute Gasteiger partial charge is 0.233 e. The van der Waals surface area contributed by atoms with Crippen molar-refractivity contribution in [2.75, 3.05) is 18.8 Å². The van der Waals surface area contributed by atoms with E-state index in [2.05, 4.69) is 62.2 Å². The van der Waals surface area contributed by atoms with Crippen LogP contribution in [0.25, 0.3) is 39.5 Å². The molecule has 10 heteroatoms. The lowest BCUT2D eigenvalue weighted by Gasteiger charge is -2.52. The molecule has 2 aromatic carbocycles. The van der Waals surface area contributed by atoms with Crippen LogP contribution in [0.2, 0.25) is 0 Å². The number of imidazole rings is 1. The highest BCUT2D eigenvalue weighted by atomic mass is 32.2. The zero-order chi connectivity index (χ0) is 30.3. The van der Waals surface area contributed by atoms with Gasteiger partial charge in [0.1, 0.15) is 11.3 Å². The van der Waals surface area contributed by atoms with Crippen LogP contribution in [0.5, 0.6) is 0 Å². The summed E-state index contributed by atoms with van der Waals surface area (Å²) in [6.07, 6.45) is 5.67. The summed E-state index contributed by atoms with van der Waals surface area (Å²) in [6, 6.07) is 26.6. The van der Waals surface area contributed by atoms with E-state index in [0.717, 1.165) is 84.4 Å². The van der Waals surface area contributed by atoms with Gasteiger partial charge in [-0.1, -0.05) is 49.0 Å². The molecule has 9 nitrogen and oxygen atoms in total. The molecular weight excluding hydrogens is 570 g/mol. The first-order chi connectivity index (χ1) is 21.3. The van der Waals surface area contributed by atoms with Crippen molar-refractivity contribution >= 4 is 27.0 Å². The molecule has 1 saturated carbocycles. The fourth-order valence-electron chi connectivity index (χ4n) is 6.71. The molecule has 2 aliphatic rings. The van der Waals surface area contributed by atoms with E-state index in [1.165, 1.54) is 5.56 Å². The van der Waals surface area contributed by atoms with Crippen molar-refractivity contribution in [2.45, 2.75) is 38.3 Å². The van der Waals surface area contributed by atoms with Crippen molar-refractivity contribution in [3.05, 3.63) is 103 Å². The highest BCUT2D eigenvalue weighted by Crippen LogP contribution is 2.49. The van der Waals surface area contributed by atoms with E-state index < -0.39 is 10.0 Å². The Labute approximate surface area is 257 Å². The predicted molar refractivity (Wildman–Crippen MR) is 174 cm³/mol. The first-order valence-electron chi connectivity index (χ1n) is 14.9. The number of benzene rings is 2. The third kappa shape index (κ3) is 5.52. The second-order valence-electron chi connectivity index (χ2n) is 12.0. The van der Waals surface area contributed by atoms with Gasteiger partial charge < -0.3 is 5.73 Å². The van der Waals surface area contributed by atoms with E-state index in [9.17, 15) is 8.42 Å². The summed E-state index contributed by atoms with van der Waals surface area (Å²) in [5.41, 5.74) is 13.0. The summed E-state index contributed by atoms with van der Waals surface area (Å²) in [6.45, 7) is 6.27. The number of nitrogen functional groups attached to an aromatic ring is 1. The van der Waals surface area contributed by atoms with Crippen LogP contribution in [0.4, 0.5) is 5.82 Å². The fraction of sp³-hybridized carbons (Fsp3) is 0.265. The molecule has 0 radical (unpaired) electrons. The number of sulfonamides is 1. The zero-order valence-electron chi connectivity index (χ0n) is 24.4. The third-order valence-corrected chi connectivity index (χ3v) is 10.2. The predicted octanol–water partition coefficient (Wildman–Crippen LogP) is 5.54. The number of rotatable bonds is 8. The molecule has 0 atom stereocenters. The molecule has 2 fully saturated rings. The van der Waals surface area contributed by atoms with Gasteiger partial charge in [0.25, 0.3) is 0 Å². The number of nitrogens with one attached hydrogen (secondary N) is 1. The number of nitrogens with two attached hydrogens (primary N) is 1. The minimum absolute atomic E-state index is 0.0292. The lowest BCUT2D eigenvalue weighted by atomic mass is 9.60. The Balaban J connectivity index is 1.12. The first-order valence-corrected chi connectivity index (χ1v) is 16.5. The van der Waals surface area contributed by atoms with Gasteiger partial charge in [0, 0.05) is 35.4 Å². The van der Waals surface area contributed by atoms with E-state index in [4.69, 9.17) is 15.7 Å². The standard InChI is InChI=1S/C34H35N7O2S/c1-2-44(42,43)39-26-21-34(22-26)16-19-40(20-17-34)23-24-10-12-27(13-11-24)41-32(28-9-6-18-36-31(28)35)38-30-15-14-29(37-33(30)41)25-7-4-3-5-8-25/h2-15,18,26,39H,1,16-17,19-23H2,(H2,35,36). The average Bonchev–Trinajstić information content (AvgIpc) is 3.41.